The molecule has 1 aromatic heterocycles. The van der Waals surface area contributed by atoms with Gasteiger partial charge in [-0.3, -0.25) is 0 Å². The van der Waals surface area contributed by atoms with Gasteiger partial charge in [0.2, 0.25) is 0 Å². The molecule has 1 rings (SSSR count). The zero-order chi connectivity index (χ0) is 13.0. The van der Waals surface area contributed by atoms with Gasteiger partial charge in [0.25, 0.3) is 6.43 Å². The molecule has 17 heavy (non-hydrogen) atoms. The van der Waals surface area contributed by atoms with Crippen molar-refractivity contribution < 1.29 is 23.0 Å². The first-order chi connectivity index (χ1) is 8.02. The molecule has 7 heteroatoms. The molecular weight excluding hydrogens is 256 g/mol. The molecule has 0 saturated carbocycles. The van der Waals surface area contributed by atoms with Crippen molar-refractivity contribution in [1.29, 1.82) is 0 Å². The number of hydrogen-bond acceptors (Lipinski definition) is 4. The Morgan fingerprint density at radius 3 is 2.71 bits per heavy atom. The van der Waals surface area contributed by atoms with Crippen molar-refractivity contribution in [3.8, 4) is 5.75 Å². The summed E-state index contributed by atoms with van der Waals surface area (Å²) >= 11 is 5.77. The number of nitrogens with zero attached hydrogens (tertiary/aromatic N) is 1. The van der Waals surface area contributed by atoms with E-state index < -0.39 is 18.0 Å². The fraction of sp³-hybridized carbons (Fsp3) is 0.400. The van der Waals surface area contributed by atoms with Crippen LogP contribution in [-0.4, -0.2) is 24.7 Å². The van der Waals surface area contributed by atoms with E-state index in [-0.39, 0.29) is 23.1 Å². The van der Waals surface area contributed by atoms with Crippen molar-refractivity contribution in [2.75, 3.05) is 13.7 Å². The molecule has 1 heterocycles. The van der Waals surface area contributed by atoms with Crippen LogP contribution in [0.15, 0.2) is 6.20 Å². The summed E-state index contributed by atoms with van der Waals surface area (Å²) < 4.78 is 34.6. The van der Waals surface area contributed by atoms with Crippen LogP contribution in [0.4, 0.5) is 8.78 Å². The monoisotopic (exact) mass is 265 g/mol. The lowest BCUT2D eigenvalue weighted by Crippen LogP contribution is -2.09. The molecule has 0 atom stereocenters. The van der Waals surface area contributed by atoms with Crippen molar-refractivity contribution in [3.63, 3.8) is 0 Å². The second kappa shape index (κ2) is 5.77. The van der Waals surface area contributed by atoms with E-state index in [0.717, 1.165) is 6.20 Å². The lowest BCUT2D eigenvalue weighted by molar-refractivity contribution is 0.0518. The number of aromatic nitrogens is 1. The number of halogens is 3. The topological polar surface area (TPSA) is 48.4 Å². The van der Waals surface area contributed by atoms with Crippen molar-refractivity contribution in [3.05, 3.63) is 22.5 Å². The largest absolute Gasteiger partial charge is 0.495 e. The molecule has 1 aromatic rings. The standard InChI is InChI=1S/C10H10ClF2NO3/c1-3-17-10(15)7-6(11)8(16-2)5(4-14-7)9(12)13/h4,9H,3H2,1-2H3. The first kappa shape index (κ1) is 13.6. The number of carbonyl (C=O) groups excluding carboxylic acids is 1. The number of carbonyl (C=O) groups is 1. The number of methoxy groups -OCH3 is 1. The smallest absolute Gasteiger partial charge is 0.358 e. The first-order valence-corrected chi connectivity index (χ1v) is 5.08. The Bertz CT molecular complexity index is 426. The van der Waals surface area contributed by atoms with Crippen LogP contribution < -0.4 is 4.74 Å². The normalized spacial score (nSPS) is 10.5. The number of ether oxygens (including phenoxy) is 2. The molecule has 0 aliphatic rings. The minimum absolute atomic E-state index is 0.135. The van der Waals surface area contributed by atoms with Gasteiger partial charge in [-0.1, -0.05) is 11.6 Å². The van der Waals surface area contributed by atoms with Crippen LogP contribution in [0.3, 0.4) is 0 Å². The van der Waals surface area contributed by atoms with Crippen LogP contribution in [0.2, 0.25) is 5.02 Å². The molecule has 4 nitrogen and oxygen atoms in total. The summed E-state index contributed by atoms with van der Waals surface area (Å²) in [5.41, 5.74) is -0.708. The molecule has 0 aliphatic heterocycles. The van der Waals surface area contributed by atoms with E-state index in [2.05, 4.69) is 9.72 Å². The first-order valence-electron chi connectivity index (χ1n) is 4.70. The quantitative estimate of drug-likeness (QED) is 0.786. The van der Waals surface area contributed by atoms with Gasteiger partial charge in [-0.25, -0.2) is 18.6 Å². The fourth-order valence-corrected chi connectivity index (χ4v) is 1.50. The maximum absolute atomic E-state index is 12.6. The van der Waals surface area contributed by atoms with E-state index in [0.29, 0.717) is 0 Å². The highest BCUT2D eigenvalue weighted by Crippen LogP contribution is 2.36. The summed E-state index contributed by atoms with van der Waals surface area (Å²) in [4.78, 5) is 15.0. The highest BCUT2D eigenvalue weighted by molar-refractivity contribution is 6.34. The van der Waals surface area contributed by atoms with Crippen LogP contribution in [0.5, 0.6) is 5.75 Å². The molecule has 0 aliphatic carbocycles. The van der Waals surface area contributed by atoms with Crippen molar-refractivity contribution in [1.82, 2.24) is 4.98 Å². The van der Waals surface area contributed by atoms with E-state index >= 15 is 0 Å². The zero-order valence-electron chi connectivity index (χ0n) is 9.17. The number of hydrogen-bond donors (Lipinski definition) is 0. The summed E-state index contributed by atoms with van der Waals surface area (Å²) in [6, 6.07) is 0. The van der Waals surface area contributed by atoms with Gasteiger partial charge in [0.15, 0.2) is 5.69 Å². The molecule has 0 amide bonds. The van der Waals surface area contributed by atoms with Gasteiger partial charge < -0.3 is 9.47 Å². The van der Waals surface area contributed by atoms with E-state index in [1.807, 2.05) is 0 Å². The van der Waals surface area contributed by atoms with Gasteiger partial charge in [0, 0.05) is 6.20 Å². The number of rotatable bonds is 4. The van der Waals surface area contributed by atoms with E-state index in [1.165, 1.54) is 7.11 Å². The minimum atomic E-state index is -2.79. The van der Waals surface area contributed by atoms with E-state index in [9.17, 15) is 13.6 Å². The molecule has 0 N–H and O–H groups in total. The molecule has 0 radical (unpaired) electrons. The average Bonchev–Trinajstić information content (AvgIpc) is 2.28. The SMILES string of the molecule is CCOC(=O)c1ncc(C(F)F)c(OC)c1Cl. The molecule has 0 spiro atoms. The second-order valence-corrected chi connectivity index (χ2v) is 3.31. The molecule has 94 valence electrons. The van der Waals surface area contributed by atoms with Crippen molar-refractivity contribution in [2.45, 2.75) is 13.3 Å². The molecule has 0 aromatic carbocycles. The molecular formula is C10H10ClF2NO3. The number of pyridine rings is 1. The summed E-state index contributed by atoms with van der Waals surface area (Å²) in [6.07, 6.45) is -1.94. The molecule has 0 unspecified atom stereocenters. The molecule has 0 fully saturated rings. The Morgan fingerprint density at radius 2 is 2.24 bits per heavy atom. The third kappa shape index (κ3) is 2.82. The minimum Gasteiger partial charge on any atom is -0.495 e. The van der Waals surface area contributed by atoms with E-state index in [1.54, 1.807) is 6.92 Å². The summed E-state index contributed by atoms with van der Waals surface area (Å²) in [6.45, 7) is 1.74. The highest BCUT2D eigenvalue weighted by atomic mass is 35.5. The van der Waals surface area contributed by atoms with Crippen LogP contribution in [0.1, 0.15) is 29.4 Å². The number of alkyl halides is 2. The maximum Gasteiger partial charge on any atom is 0.358 e. The Balaban J connectivity index is 3.24. The third-order valence-corrected chi connectivity index (χ3v) is 2.26. The Labute approximate surface area is 101 Å². The fourth-order valence-electron chi connectivity index (χ4n) is 1.19. The number of esters is 1. The van der Waals surface area contributed by atoms with Crippen LogP contribution in [0, 0.1) is 0 Å². The van der Waals surface area contributed by atoms with Gasteiger partial charge >= 0.3 is 5.97 Å². The summed E-state index contributed by atoms with van der Waals surface area (Å²) in [5.74, 6) is -1.05. The second-order valence-electron chi connectivity index (χ2n) is 2.93. The predicted molar refractivity (Wildman–Crippen MR) is 56.7 cm³/mol. The Hall–Kier alpha value is -1.43. The Kier molecular flexibility index (Phi) is 4.62. The Morgan fingerprint density at radius 1 is 1.59 bits per heavy atom. The van der Waals surface area contributed by atoms with Gasteiger partial charge in [-0.2, -0.15) is 0 Å². The lowest BCUT2D eigenvalue weighted by atomic mass is 10.2. The average molecular weight is 266 g/mol. The summed E-state index contributed by atoms with van der Waals surface area (Å²) in [7, 11) is 1.18. The van der Waals surface area contributed by atoms with Crippen LogP contribution in [-0.2, 0) is 4.74 Å². The van der Waals surface area contributed by atoms with Gasteiger partial charge in [-0.15, -0.1) is 0 Å². The maximum atomic E-state index is 12.6. The van der Waals surface area contributed by atoms with Crippen LogP contribution in [0.25, 0.3) is 0 Å². The van der Waals surface area contributed by atoms with E-state index in [4.69, 9.17) is 16.3 Å². The highest BCUT2D eigenvalue weighted by Gasteiger charge is 2.24. The zero-order valence-corrected chi connectivity index (χ0v) is 9.92. The molecule has 0 bridgehead atoms. The van der Waals surface area contributed by atoms with Crippen LogP contribution >= 0.6 is 11.6 Å². The van der Waals surface area contributed by atoms with Crippen molar-refractivity contribution >= 4 is 17.6 Å². The lowest BCUT2D eigenvalue weighted by Gasteiger charge is -2.11. The third-order valence-electron chi connectivity index (χ3n) is 1.91. The van der Waals surface area contributed by atoms with Gasteiger partial charge in [-0.05, 0) is 6.92 Å². The van der Waals surface area contributed by atoms with Crippen molar-refractivity contribution in [2.24, 2.45) is 0 Å². The van der Waals surface area contributed by atoms with Gasteiger partial charge in [0.1, 0.15) is 10.8 Å². The summed E-state index contributed by atoms with van der Waals surface area (Å²) in [5, 5.41) is -0.274. The van der Waals surface area contributed by atoms with Gasteiger partial charge in [0.05, 0.1) is 19.3 Å². The predicted octanol–water partition coefficient (Wildman–Crippen LogP) is 2.86. The molecule has 0 saturated heterocycles.